The average Bonchev–Trinajstić information content (AvgIpc) is 3.29. The molecule has 7 heteroatoms. The molecule has 0 saturated heterocycles. The first-order valence-electron chi connectivity index (χ1n) is 9.73. The number of hydrogen-bond acceptors (Lipinski definition) is 6. The van der Waals surface area contributed by atoms with Crippen LogP contribution in [0.25, 0.3) is 11.5 Å². The third-order valence-electron chi connectivity index (χ3n) is 4.60. The maximum Gasteiger partial charge on any atom is 0.277 e. The molecular formula is C24H21N3O3S. The van der Waals surface area contributed by atoms with E-state index < -0.39 is 0 Å². The highest BCUT2D eigenvalue weighted by Gasteiger charge is 2.13. The number of carbonyl (C=O) groups excluding carboxylic acids is 1. The number of nitrogens with zero attached hydrogens (tertiary/aromatic N) is 2. The minimum Gasteiger partial charge on any atom is -0.497 e. The number of rotatable bonds is 8. The lowest BCUT2D eigenvalue weighted by molar-refractivity contribution is -0.113. The zero-order chi connectivity index (χ0) is 21.5. The number of carbonyl (C=O) groups is 1. The Morgan fingerprint density at radius 3 is 2.48 bits per heavy atom. The van der Waals surface area contributed by atoms with Gasteiger partial charge in [0.25, 0.3) is 5.22 Å². The summed E-state index contributed by atoms with van der Waals surface area (Å²) in [6.07, 6.45) is 0.749. The van der Waals surface area contributed by atoms with Gasteiger partial charge < -0.3 is 14.5 Å². The second-order valence-electron chi connectivity index (χ2n) is 6.76. The highest BCUT2D eigenvalue weighted by atomic mass is 32.2. The zero-order valence-corrected chi connectivity index (χ0v) is 17.8. The molecule has 0 unspecified atom stereocenters. The van der Waals surface area contributed by atoms with E-state index in [1.165, 1.54) is 17.3 Å². The average molecular weight is 432 g/mol. The van der Waals surface area contributed by atoms with Crippen molar-refractivity contribution < 1.29 is 13.9 Å². The number of nitrogens with one attached hydrogen (secondary N) is 1. The Labute approximate surface area is 184 Å². The zero-order valence-electron chi connectivity index (χ0n) is 16.9. The first-order valence-corrected chi connectivity index (χ1v) is 10.7. The molecular weight excluding hydrogens is 410 g/mol. The molecule has 6 nitrogen and oxygen atoms in total. The number of thioether (sulfide) groups is 1. The predicted molar refractivity (Wildman–Crippen MR) is 121 cm³/mol. The molecule has 4 rings (SSSR count). The Hall–Kier alpha value is -3.58. The van der Waals surface area contributed by atoms with Crippen LogP contribution >= 0.6 is 11.8 Å². The second-order valence-corrected chi connectivity index (χ2v) is 7.68. The topological polar surface area (TPSA) is 77.2 Å². The van der Waals surface area contributed by atoms with Crippen LogP contribution in [0.2, 0.25) is 0 Å². The summed E-state index contributed by atoms with van der Waals surface area (Å²) in [6.45, 7) is 0. The van der Waals surface area contributed by atoms with E-state index in [0.717, 1.165) is 29.0 Å². The second kappa shape index (κ2) is 9.95. The van der Waals surface area contributed by atoms with E-state index >= 15 is 0 Å². The van der Waals surface area contributed by atoms with Crippen LogP contribution in [0.5, 0.6) is 5.75 Å². The minimum absolute atomic E-state index is 0.130. The fraction of sp³-hybridized carbons (Fsp3) is 0.125. The van der Waals surface area contributed by atoms with Crippen molar-refractivity contribution in [2.45, 2.75) is 11.6 Å². The minimum atomic E-state index is -0.130. The van der Waals surface area contributed by atoms with E-state index in [1.807, 2.05) is 66.7 Å². The van der Waals surface area contributed by atoms with Gasteiger partial charge in [-0.3, -0.25) is 4.79 Å². The molecule has 1 heterocycles. The van der Waals surface area contributed by atoms with Crippen molar-refractivity contribution in [3.8, 4) is 17.2 Å². The molecule has 0 bridgehead atoms. The number of hydrogen-bond donors (Lipinski definition) is 1. The van der Waals surface area contributed by atoms with Crippen molar-refractivity contribution in [1.82, 2.24) is 10.2 Å². The maximum absolute atomic E-state index is 12.5. The molecule has 1 N–H and O–H groups in total. The molecule has 4 aromatic rings. The summed E-state index contributed by atoms with van der Waals surface area (Å²) >= 11 is 1.20. The predicted octanol–water partition coefficient (Wildman–Crippen LogP) is 5.07. The summed E-state index contributed by atoms with van der Waals surface area (Å²) in [5, 5.41) is 11.4. The smallest absolute Gasteiger partial charge is 0.277 e. The number of amides is 1. The molecule has 0 radical (unpaired) electrons. The molecule has 0 aliphatic rings. The monoisotopic (exact) mass is 431 g/mol. The Kier molecular flexibility index (Phi) is 6.64. The van der Waals surface area contributed by atoms with Gasteiger partial charge in [0, 0.05) is 11.3 Å². The molecule has 0 aliphatic heterocycles. The Morgan fingerprint density at radius 2 is 1.71 bits per heavy atom. The highest BCUT2D eigenvalue weighted by molar-refractivity contribution is 7.99. The van der Waals surface area contributed by atoms with Gasteiger partial charge in [0.05, 0.1) is 12.9 Å². The summed E-state index contributed by atoms with van der Waals surface area (Å²) in [6, 6.07) is 25.3. The lowest BCUT2D eigenvalue weighted by Gasteiger charge is -2.11. The van der Waals surface area contributed by atoms with Crippen LogP contribution in [-0.4, -0.2) is 29.0 Å². The van der Waals surface area contributed by atoms with Gasteiger partial charge in [0.1, 0.15) is 5.75 Å². The third-order valence-corrected chi connectivity index (χ3v) is 5.42. The van der Waals surface area contributed by atoms with Gasteiger partial charge in [-0.15, -0.1) is 10.2 Å². The number of ether oxygens (including phenoxy) is 1. The summed E-state index contributed by atoms with van der Waals surface area (Å²) in [4.78, 5) is 12.5. The summed E-state index contributed by atoms with van der Waals surface area (Å²) in [5.41, 5.74) is 3.85. The number of anilines is 1. The van der Waals surface area contributed by atoms with Crippen molar-refractivity contribution in [1.29, 1.82) is 0 Å². The van der Waals surface area contributed by atoms with Crippen molar-refractivity contribution in [2.24, 2.45) is 0 Å². The summed E-state index contributed by atoms with van der Waals surface area (Å²) < 4.78 is 10.8. The number of aromatic nitrogens is 2. The largest absolute Gasteiger partial charge is 0.497 e. The molecule has 31 heavy (non-hydrogen) atoms. The third kappa shape index (κ3) is 5.52. The van der Waals surface area contributed by atoms with Crippen LogP contribution in [0.15, 0.2) is 88.5 Å². The van der Waals surface area contributed by atoms with Crippen LogP contribution in [0.4, 0.5) is 5.69 Å². The molecule has 1 aromatic heterocycles. The van der Waals surface area contributed by atoms with Crippen LogP contribution in [0.1, 0.15) is 11.1 Å². The van der Waals surface area contributed by atoms with Crippen molar-refractivity contribution in [3.63, 3.8) is 0 Å². The number of benzene rings is 3. The molecule has 156 valence electrons. The van der Waals surface area contributed by atoms with E-state index in [1.54, 1.807) is 7.11 Å². The highest BCUT2D eigenvalue weighted by Crippen LogP contribution is 2.25. The van der Waals surface area contributed by atoms with Crippen molar-refractivity contribution in [2.75, 3.05) is 18.2 Å². The van der Waals surface area contributed by atoms with Crippen molar-refractivity contribution in [3.05, 3.63) is 90.0 Å². The molecule has 0 aliphatic carbocycles. The molecule has 0 spiro atoms. The van der Waals surface area contributed by atoms with E-state index in [2.05, 4.69) is 27.6 Å². The van der Waals surface area contributed by atoms with Crippen LogP contribution in [-0.2, 0) is 11.2 Å². The quantitative estimate of drug-likeness (QED) is 0.393. The van der Waals surface area contributed by atoms with E-state index in [9.17, 15) is 4.79 Å². The molecule has 3 aromatic carbocycles. The van der Waals surface area contributed by atoms with Crippen molar-refractivity contribution >= 4 is 23.4 Å². The SMILES string of the molecule is COc1ccc(-c2nnc(SCC(=O)Nc3ccccc3Cc3ccccc3)o2)cc1. The number of methoxy groups -OCH3 is 1. The molecule has 0 fully saturated rings. The van der Waals surface area contributed by atoms with Gasteiger partial charge in [0.15, 0.2) is 0 Å². The van der Waals surface area contributed by atoms with Gasteiger partial charge in [-0.2, -0.15) is 0 Å². The lowest BCUT2D eigenvalue weighted by atomic mass is 10.0. The van der Waals surface area contributed by atoms with E-state index in [-0.39, 0.29) is 11.7 Å². The standard InChI is InChI=1S/C24H21N3O3S/c1-29-20-13-11-18(12-14-20)23-26-27-24(30-23)31-16-22(28)25-21-10-6-5-9-19(21)15-17-7-3-2-4-8-17/h2-14H,15-16H2,1H3,(H,25,28). The van der Waals surface area contributed by atoms with Gasteiger partial charge in [-0.25, -0.2) is 0 Å². The summed E-state index contributed by atoms with van der Waals surface area (Å²) in [7, 11) is 1.61. The van der Waals surface area contributed by atoms with Gasteiger partial charge in [-0.05, 0) is 47.9 Å². The maximum atomic E-state index is 12.5. The fourth-order valence-corrected chi connectivity index (χ4v) is 3.61. The summed E-state index contributed by atoms with van der Waals surface area (Å²) in [5.74, 6) is 1.19. The first-order chi connectivity index (χ1) is 15.2. The lowest BCUT2D eigenvalue weighted by Crippen LogP contribution is -2.15. The van der Waals surface area contributed by atoms with Gasteiger partial charge in [0.2, 0.25) is 11.8 Å². The Bertz CT molecular complexity index is 1140. The normalized spacial score (nSPS) is 10.6. The van der Waals surface area contributed by atoms with Gasteiger partial charge in [-0.1, -0.05) is 60.3 Å². The molecule has 0 saturated carbocycles. The Balaban J connectivity index is 1.35. The Morgan fingerprint density at radius 1 is 0.968 bits per heavy atom. The fourth-order valence-electron chi connectivity index (χ4n) is 3.04. The van der Waals surface area contributed by atoms with Crippen LogP contribution in [0.3, 0.4) is 0 Å². The number of para-hydroxylation sites is 1. The van der Waals surface area contributed by atoms with Gasteiger partial charge >= 0.3 is 0 Å². The first kappa shape index (κ1) is 20.7. The van der Waals surface area contributed by atoms with Crippen LogP contribution < -0.4 is 10.1 Å². The van der Waals surface area contributed by atoms with E-state index in [4.69, 9.17) is 9.15 Å². The van der Waals surface area contributed by atoms with E-state index in [0.29, 0.717) is 11.1 Å². The molecule has 1 amide bonds. The molecule has 0 atom stereocenters. The van der Waals surface area contributed by atoms with Crippen LogP contribution in [0, 0.1) is 0 Å².